The summed E-state index contributed by atoms with van der Waals surface area (Å²) in [5.41, 5.74) is 3.01. The fourth-order valence-corrected chi connectivity index (χ4v) is 3.54. The molecule has 3 aromatic rings. The standard InChI is InChI=1S/C16H15BrN4OS/c1-11-8-14(12-2-4-18-5-3-12)20-21(11)7-6-19-16(22)15-9-13(17)10-23-15/h2-5,8-10H,6-7H2,1H3,(H,19,22). The lowest BCUT2D eigenvalue weighted by atomic mass is 10.2. The maximum atomic E-state index is 12.0. The van der Waals surface area contributed by atoms with E-state index in [1.165, 1.54) is 11.3 Å². The van der Waals surface area contributed by atoms with Gasteiger partial charge in [0.2, 0.25) is 0 Å². The summed E-state index contributed by atoms with van der Waals surface area (Å²) in [7, 11) is 0. The second kappa shape index (κ2) is 7.06. The molecule has 0 aliphatic carbocycles. The van der Waals surface area contributed by atoms with Crippen molar-refractivity contribution in [2.24, 2.45) is 0 Å². The number of rotatable bonds is 5. The fraction of sp³-hybridized carbons (Fsp3) is 0.188. The monoisotopic (exact) mass is 390 g/mol. The Bertz CT molecular complexity index is 813. The van der Waals surface area contributed by atoms with E-state index in [2.05, 4.69) is 31.3 Å². The minimum atomic E-state index is -0.0557. The Kier molecular flexibility index (Phi) is 4.88. The summed E-state index contributed by atoms with van der Waals surface area (Å²) in [5, 5.41) is 9.40. The number of hydrogen-bond donors (Lipinski definition) is 1. The van der Waals surface area contributed by atoms with E-state index < -0.39 is 0 Å². The smallest absolute Gasteiger partial charge is 0.261 e. The van der Waals surface area contributed by atoms with Crippen molar-refractivity contribution in [1.29, 1.82) is 0 Å². The van der Waals surface area contributed by atoms with Gasteiger partial charge in [-0.15, -0.1) is 11.3 Å². The average molecular weight is 391 g/mol. The van der Waals surface area contributed by atoms with Gasteiger partial charge < -0.3 is 5.32 Å². The summed E-state index contributed by atoms with van der Waals surface area (Å²) in [6.07, 6.45) is 3.51. The third-order valence-electron chi connectivity index (χ3n) is 3.36. The first-order valence-corrected chi connectivity index (χ1v) is 8.78. The highest BCUT2D eigenvalue weighted by Gasteiger charge is 2.09. The number of aryl methyl sites for hydroxylation is 1. The van der Waals surface area contributed by atoms with E-state index in [0.29, 0.717) is 18.0 Å². The fourth-order valence-electron chi connectivity index (χ4n) is 2.19. The van der Waals surface area contributed by atoms with Crippen molar-refractivity contribution in [3.05, 3.63) is 57.1 Å². The first kappa shape index (κ1) is 15.9. The van der Waals surface area contributed by atoms with Crippen molar-refractivity contribution >= 4 is 33.2 Å². The molecule has 3 rings (SSSR count). The molecular formula is C16H15BrN4OS. The van der Waals surface area contributed by atoms with Gasteiger partial charge >= 0.3 is 0 Å². The molecule has 0 saturated heterocycles. The first-order valence-electron chi connectivity index (χ1n) is 7.10. The van der Waals surface area contributed by atoms with Crippen LogP contribution in [0.25, 0.3) is 11.3 Å². The zero-order chi connectivity index (χ0) is 16.2. The van der Waals surface area contributed by atoms with Crippen molar-refractivity contribution in [2.75, 3.05) is 6.54 Å². The van der Waals surface area contributed by atoms with E-state index in [0.717, 1.165) is 21.4 Å². The van der Waals surface area contributed by atoms with Gasteiger partial charge in [0.05, 0.1) is 17.1 Å². The molecule has 0 spiro atoms. The number of nitrogens with one attached hydrogen (secondary N) is 1. The molecule has 0 fully saturated rings. The minimum absolute atomic E-state index is 0.0557. The van der Waals surface area contributed by atoms with Crippen LogP contribution in [0.5, 0.6) is 0 Å². The van der Waals surface area contributed by atoms with Crippen LogP contribution < -0.4 is 5.32 Å². The van der Waals surface area contributed by atoms with Crippen LogP contribution in [0, 0.1) is 6.92 Å². The quantitative estimate of drug-likeness (QED) is 0.724. The molecule has 0 aliphatic heterocycles. The van der Waals surface area contributed by atoms with E-state index in [1.54, 1.807) is 12.4 Å². The molecule has 0 unspecified atom stereocenters. The van der Waals surface area contributed by atoms with Crippen LogP contribution in [0.3, 0.4) is 0 Å². The van der Waals surface area contributed by atoms with Gasteiger partial charge in [0, 0.05) is 40.0 Å². The number of aromatic nitrogens is 3. The molecule has 5 nitrogen and oxygen atoms in total. The summed E-state index contributed by atoms with van der Waals surface area (Å²) in [5.74, 6) is -0.0557. The third kappa shape index (κ3) is 3.86. The summed E-state index contributed by atoms with van der Waals surface area (Å²) < 4.78 is 2.83. The Hall–Kier alpha value is -1.99. The maximum Gasteiger partial charge on any atom is 0.261 e. The minimum Gasteiger partial charge on any atom is -0.349 e. The highest BCUT2D eigenvalue weighted by Crippen LogP contribution is 2.19. The van der Waals surface area contributed by atoms with E-state index in [9.17, 15) is 4.79 Å². The summed E-state index contributed by atoms with van der Waals surface area (Å²) in [6.45, 7) is 3.18. The zero-order valence-corrected chi connectivity index (χ0v) is 14.9. The molecule has 0 bridgehead atoms. The number of halogens is 1. The lowest BCUT2D eigenvalue weighted by molar-refractivity contribution is 0.0956. The predicted octanol–water partition coefficient (Wildman–Crippen LogP) is 3.51. The van der Waals surface area contributed by atoms with Gasteiger partial charge in [0.1, 0.15) is 0 Å². The summed E-state index contributed by atoms with van der Waals surface area (Å²) >= 11 is 4.77. The summed E-state index contributed by atoms with van der Waals surface area (Å²) in [6, 6.07) is 7.72. The lowest BCUT2D eigenvalue weighted by Gasteiger charge is -2.05. The Labute approximate surface area is 146 Å². The number of thiophene rings is 1. The second-order valence-electron chi connectivity index (χ2n) is 5.02. The van der Waals surface area contributed by atoms with Crippen LogP contribution in [0.1, 0.15) is 15.4 Å². The van der Waals surface area contributed by atoms with Crippen molar-refractivity contribution < 1.29 is 4.79 Å². The molecule has 118 valence electrons. The van der Waals surface area contributed by atoms with Crippen LogP contribution in [-0.2, 0) is 6.54 Å². The van der Waals surface area contributed by atoms with Gasteiger partial charge in [-0.3, -0.25) is 14.5 Å². The normalized spacial score (nSPS) is 10.7. The molecule has 1 amide bonds. The van der Waals surface area contributed by atoms with Crippen LogP contribution in [0.4, 0.5) is 0 Å². The van der Waals surface area contributed by atoms with E-state index in [4.69, 9.17) is 0 Å². The summed E-state index contributed by atoms with van der Waals surface area (Å²) in [4.78, 5) is 16.7. The average Bonchev–Trinajstić information content (AvgIpc) is 3.15. The molecular weight excluding hydrogens is 376 g/mol. The number of amides is 1. The Morgan fingerprint density at radius 3 is 2.83 bits per heavy atom. The van der Waals surface area contributed by atoms with Gasteiger partial charge in [-0.05, 0) is 47.1 Å². The molecule has 0 atom stereocenters. The van der Waals surface area contributed by atoms with Crippen LogP contribution in [0.2, 0.25) is 0 Å². The number of carbonyl (C=O) groups is 1. The van der Waals surface area contributed by atoms with Crippen LogP contribution in [0.15, 0.2) is 46.5 Å². The SMILES string of the molecule is Cc1cc(-c2ccncc2)nn1CCNC(=O)c1cc(Br)cs1. The molecule has 0 aromatic carbocycles. The largest absolute Gasteiger partial charge is 0.349 e. The number of carbonyl (C=O) groups excluding carboxylic acids is 1. The van der Waals surface area contributed by atoms with Gasteiger partial charge in [-0.2, -0.15) is 5.10 Å². The molecule has 23 heavy (non-hydrogen) atoms. The van der Waals surface area contributed by atoms with Crippen molar-refractivity contribution in [3.63, 3.8) is 0 Å². The molecule has 0 aliphatic rings. The molecule has 1 N–H and O–H groups in total. The maximum absolute atomic E-state index is 12.0. The predicted molar refractivity (Wildman–Crippen MR) is 94.5 cm³/mol. The van der Waals surface area contributed by atoms with Crippen LogP contribution in [-0.4, -0.2) is 27.2 Å². The number of hydrogen-bond acceptors (Lipinski definition) is 4. The van der Waals surface area contributed by atoms with Gasteiger partial charge in [0.15, 0.2) is 0 Å². The molecule has 0 radical (unpaired) electrons. The van der Waals surface area contributed by atoms with Crippen molar-refractivity contribution in [2.45, 2.75) is 13.5 Å². The Morgan fingerprint density at radius 1 is 1.35 bits per heavy atom. The number of pyridine rings is 1. The third-order valence-corrected chi connectivity index (χ3v) is 5.05. The van der Waals surface area contributed by atoms with Crippen molar-refractivity contribution in [1.82, 2.24) is 20.1 Å². The van der Waals surface area contributed by atoms with E-state index in [1.807, 2.05) is 41.3 Å². The highest BCUT2D eigenvalue weighted by atomic mass is 79.9. The Morgan fingerprint density at radius 2 is 2.13 bits per heavy atom. The van der Waals surface area contributed by atoms with E-state index >= 15 is 0 Å². The first-order chi connectivity index (χ1) is 11.1. The molecule has 3 heterocycles. The highest BCUT2D eigenvalue weighted by molar-refractivity contribution is 9.10. The topological polar surface area (TPSA) is 59.8 Å². The second-order valence-corrected chi connectivity index (χ2v) is 6.84. The lowest BCUT2D eigenvalue weighted by Crippen LogP contribution is -2.27. The zero-order valence-electron chi connectivity index (χ0n) is 12.5. The van der Waals surface area contributed by atoms with Crippen molar-refractivity contribution in [3.8, 4) is 11.3 Å². The Balaban J connectivity index is 1.61. The van der Waals surface area contributed by atoms with Gasteiger partial charge in [0.25, 0.3) is 5.91 Å². The van der Waals surface area contributed by atoms with Gasteiger partial charge in [-0.1, -0.05) is 0 Å². The number of nitrogens with zero attached hydrogens (tertiary/aromatic N) is 3. The van der Waals surface area contributed by atoms with Crippen LogP contribution >= 0.6 is 27.3 Å². The molecule has 0 saturated carbocycles. The molecule has 7 heteroatoms. The molecule has 3 aromatic heterocycles. The van der Waals surface area contributed by atoms with E-state index in [-0.39, 0.29) is 5.91 Å². The van der Waals surface area contributed by atoms with Gasteiger partial charge in [-0.25, -0.2) is 0 Å².